The predicted molar refractivity (Wildman–Crippen MR) is 40.3 cm³/mol. The van der Waals surface area contributed by atoms with Crippen LogP contribution in [-0.4, -0.2) is 6.54 Å². The molecule has 0 bridgehead atoms. The molecule has 0 atom stereocenters. The smallest absolute Gasteiger partial charge is 0.0804 e. The number of allylic oxidation sites excluding steroid dienone is 3. The monoisotopic (exact) mass is 135 g/mol. The van der Waals surface area contributed by atoms with E-state index in [-0.39, 0.29) is 0 Å². The van der Waals surface area contributed by atoms with Crippen LogP contribution in [0.15, 0.2) is 46.9 Å². The highest BCUT2D eigenvalue weighted by atomic mass is 15.4. The molecule has 1 aliphatic heterocycles. The number of nitrogens with one attached hydrogen (secondary N) is 1. The van der Waals surface area contributed by atoms with Crippen LogP contribution < -0.4 is 5.43 Å². The quantitative estimate of drug-likeness (QED) is 0.538. The summed E-state index contributed by atoms with van der Waals surface area (Å²) < 4.78 is 0. The summed E-state index contributed by atoms with van der Waals surface area (Å²) in [6.45, 7) is 4.29. The van der Waals surface area contributed by atoms with Crippen molar-refractivity contribution in [3.63, 3.8) is 0 Å². The maximum absolute atomic E-state index is 3.77. The second-order valence-corrected chi connectivity index (χ2v) is 1.85. The third-order valence-electron chi connectivity index (χ3n) is 0.996. The fourth-order valence-electron chi connectivity index (χ4n) is 0.536. The van der Waals surface area contributed by atoms with E-state index in [1.165, 1.54) is 0 Å². The van der Waals surface area contributed by atoms with Gasteiger partial charge < -0.3 is 0 Å². The molecule has 0 saturated heterocycles. The number of nitrogens with zero attached hydrogens (tertiary/aromatic N) is 2. The van der Waals surface area contributed by atoms with Gasteiger partial charge in [0.05, 0.1) is 12.2 Å². The summed E-state index contributed by atoms with van der Waals surface area (Å²) in [6.07, 6.45) is 7.56. The summed E-state index contributed by atoms with van der Waals surface area (Å²) >= 11 is 0. The zero-order valence-corrected chi connectivity index (χ0v) is 5.62. The van der Waals surface area contributed by atoms with Crippen molar-refractivity contribution < 1.29 is 0 Å². The van der Waals surface area contributed by atoms with E-state index < -0.39 is 0 Å². The molecule has 1 N–H and O–H groups in total. The molecule has 1 heterocycles. The van der Waals surface area contributed by atoms with Crippen molar-refractivity contribution in [1.29, 1.82) is 0 Å². The lowest BCUT2D eigenvalue weighted by molar-refractivity contribution is 0.806. The molecule has 3 nitrogen and oxygen atoms in total. The molecular formula is C7H9N3. The Labute approximate surface area is 59.8 Å². The standard InChI is InChI=1S/C7H9N3/c1-7-5-3-2-4-6-8-10-9-7/h2-5H,1,6H2,(H,8,9)/b4-2-,5-3-. The SMILES string of the molecule is C=C1/C=C\C=C/CN=NN1. The highest BCUT2D eigenvalue weighted by Gasteiger charge is 1.82. The topological polar surface area (TPSA) is 36.8 Å². The van der Waals surface area contributed by atoms with E-state index >= 15 is 0 Å². The molecule has 0 aromatic rings. The van der Waals surface area contributed by atoms with Crippen LogP contribution in [0.5, 0.6) is 0 Å². The van der Waals surface area contributed by atoms with Gasteiger partial charge in [-0.3, -0.25) is 5.43 Å². The Hall–Kier alpha value is -1.38. The first-order valence-electron chi connectivity index (χ1n) is 3.04. The molecule has 10 heavy (non-hydrogen) atoms. The van der Waals surface area contributed by atoms with E-state index in [1.54, 1.807) is 0 Å². The van der Waals surface area contributed by atoms with Crippen LogP contribution >= 0.6 is 0 Å². The third kappa shape index (κ3) is 2.26. The van der Waals surface area contributed by atoms with Gasteiger partial charge in [-0.25, -0.2) is 0 Å². The van der Waals surface area contributed by atoms with Gasteiger partial charge in [-0.1, -0.05) is 30.0 Å². The lowest BCUT2D eigenvalue weighted by Gasteiger charge is -1.92. The Balaban J connectivity index is 2.62. The van der Waals surface area contributed by atoms with Crippen molar-refractivity contribution >= 4 is 0 Å². The lowest BCUT2D eigenvalue weighted by atomic mass is 10.4. The molecule has 0 amide bonds. The van der Waals surface area contributed by atoms with Crippen LogP contribution in [0.2, 0.25) is 0 Å². The molecule has 0 aromatic heterocycles. The van der Waals surface area contributed by atoms with Crippen molar-refractivity contribution in [2.24, 2.45) is 10.3 Å². The average molecular weight is 135 g/mol. The maximum atomic E-state index is 3.77. The molecular weight excluding hydrogens is 126 g/mol. The van der Waals surface area contributed by atoms with Crippen LogP contribution in [-0.2, 0) is 0 Å². The van der Waals surface area contributed by atoms with Crippen molar-refractivity contribution in [3.05, 3.63) is 36.6 Å². The normalized spacial score (nSPS) is 23.8. The molecule has 0 aliphatic carbocycles. The minimum Gasteiger partial charge on any atom is -0.261 e. The van der Waals surface area contributed by atoms with Gasteiger partial charge in [-0.05, 0) is 6.08 Å². The zero-order valence-electron chi connectivity index (χ0n) is 5.62. The molecule has 3 heteroatoms. The highest BCUT2D eigenvalue weighted by Crippen LogP contribution is 1.91. The molecule has 0 saturated carbocycles. The number of hydrogen-bond donors (Lipinski definition) is 1. The van der Waals surface area contributed by atoms with Gasteiger partial charge in [0, 0.05) is 0 Å². The summed E-state index contributed by atoms with van der Waals surface area (Å²) in [5, 5.41) is 7.41. The van der Waals surface area contributed by atoms with Gasteiger partial charge in [-0.15, -0.1) is 0 Å². The van der Waals surface area contributed by atoms with E-state index in [9.17, 15) is 0 Å². The number of hydrogen-bond acceptors (Lipinski definition) is 3. The molecule has 0 aromatic carbocycles. The van der Waals surface area contributed by atoms with Gasteiger partial charge in [0.2, 0.25) is 0 Å². The van der Waals surface area contributed by atoms with E-state index in [4.69, 9.17) is 0 Å². The summed E-state index contributed by atoms with van der Waals surface area (Å²) in [6, 6.07) is 0. The molecule has 0 radical (unpaired) electrons. The summed E-state index contributed by atoms with van der Waals surface area (Å²) in [4.78, 5) is 0. The van der Waals surface area contributed by atoms with Crippen LogP contribution in [0.3, 0.4) is 0 Å². The van der Waals surface area contributed by atoms with Gasteiger partial charge in [0.1, 0.15) is 0 Å². The van der Waals surface area contributed by atoms with Crippen LogP contribution in [0, 0.1) is 0 Å². The van der Waals surface area contributed by atoms with E-state index in [1.807, 2.05) is 24.3 Å². The fourth-order valence-corrected chi connectivity index (χ4v) is 0.536. The highest BCUT2D eigenvalue weighted by molar-refractivity contribution is 5.17. The lowest BCUT2D eigenvalue weighted by Crippen LogP contribution is -1.99. The maximum Gasteiger partial charge on any atom is 0.0804 e. The molecule has 1 rings (SSSR count). The Morgan fingerprint density at radius 1 is 1.50 bits per heavy atom. The predicted octanol–water partition coefficient (Wildman–Crippen LogP) is 1.58. The average Bonchev–Trinajstić information content (AvgIpc) is 2.02. The van der Waals surface area contributed by atoms with Gasteiger partial charge in [0.25, 0.3) is 0 Å². The second-order valence-electron chi connectivity index (χ2n) is 1.85. The first-order chi connectivity index (χ1) is 4.89. The minimum atomic E-state index is 0.616. The Kier molecular flexibility index (Phi) is 2.43. The Morgan fingerprint density at radius 2 is 2.40 bits per heavy atom. The second kappa shape index (κ2) is 3.61. The first-order valence-corrected chi connectivity index (χ1v) is 3.04. The van der Waals surface area contributed by atoms with Gasteiger partial charge >= 0.3 is 0 Å². The summed E-state index contributed by atoms with van der Waals surface area (Å²) in [7, 11) is 0. The van der Waals surface area contributed by atoms with Crippen LogP contribution in [0.4, 0.5) is 0 Å². The molecule has 0 fully saturated rings. The van der Waals surface area contributed by atoms with Gasteiger partial charge in [-0.2, -0.15) is 5.11 Å². The van der Waals surface area contributed by atoms with E-state index in [0.717, 1.165) is 5.70 Å². The molecule has 0 unspecified atom stereocenters. The zero-order chi connectivity index (χ0) is 7.23. The largest absolute Gasteiger partial charge is 0.261 e. The van der Waals surface area contributed by atoms with E-state index in [2.05, 4.69) is 22.3 Å². The summed E-state index contributed by atoms with van der Waals surface area (Å²) in [5.74, 6) is 0. The number of rotatable bonds is 0. The Bertz CT molecular complexity index is 201. The first kappa shape index (κ1) is 6.74. The molecule has 1 aliphatic rings. The minimum absolute atomic E-state index is 0.616. The van der Waals surface area contributed by atoms with Crippen LogP contribution in [0.25, 0.3) is 0 Å². The van der Waals surface area contributed by atoms with E-state index in [0.29, 0.717) is 6.54 Å². The van der Waals surface area contributed by atoms with Crippen molar-refractivity contribution in [1.82, 2.24) is 5.43 Å². The van der Waals surface area contributed by atoms with Crippen molar-refractivity contribution in [3.8, 4) is 0 Å². The summed E-state index contributed by atoms with van der Waals surface area (Å²) in [5.41, 5.74) is 3.41. The van der Waals surface area contributed by atoms with Gasteiger partial charge in [0.15, 0.2) is 0 Å². The third-order valence-corrected chi connectivity index (χ3v) is 0.996. The van der Waals surface area contributed by atoms with Crippen molar-refractivity contribution in [2.75, 3.05) is 6.54 Å². The Morgan fingerprint density at radius 3 is 3.30 bits per heavy atom. The fraction of sp³-hybridized carbons (Fsp3) is 0.143. The molecule has 52 valence electrons. The molecule has 0 spiro atoms. The van der Waals surface area contributed by atoms with Crippen molar-refractivity contribution in [2.45, 2.75) is 0 Å². The van der Waals surface area contributed by atoms with Crippen LogP contribution in [0.1, 0.15) is 0 Å².